The number of rotatable bonds is 9. The standard InChI is InChI=1S/C21H20N2OS4/c1-3-18(24)21(2,28-27-20-13-7-9-15-23-20)16-10-4-5-11-17(16)25-26-19-12-6-8-14-22-19/h4-15H,3H2,1-2H3. The van der Waals surface area contributed by atoms with Gasteiger partial charge in [0, 0.05) is 23.7 Å². The summed E-state index contributed by atoms with van der Waals surface area (Å²) in [6.07, 6.45) is 4.05. The van der Waals surface area contributed by atoms with Gasteiger partial charge in [-0.3, -0.25) is 4.79 Å². The van der Waals surface area contributed by atoms with Crippen molar-refractivity contribution in [1.29, 1.82) is 0 Å². The average molecular weight is 445 g/mol. The number of nitrogens with zero attached hydrogens (tertiary/aromatic N) is 2. The van der Waals surface area contributed by atoms with Crippen molar-refractivity contribution in [2.24, 2.45) is 0 Å². The fourth-order valence-corrected chi connectivity index (χ4v) is 7.35. The summed E-state index contributed by atoms with van der Waals surface area (Å²) in [6, 6.07) is 19.8. The second-order valence-electron chi connectivity index (χ2n) is 5.98. The van der Waals surface area contributed by atoms with Crippen molar-refractivity contribution in [3.8, 4) is 0 Å². The number of hydrogen-bond donors (Lipinski definition) is 0. The Balaban J connectivity index is 1.86. The van der Waals surface area contributed by atoms with Crippen molar-refractivity contribution in [1.82, 2.24) is 9.97 Å². The van der Waals surface area contributed by atoms with E-state index in [0.717, 1.165) is 20.5 Å². The molecule has 0 fully saturated rings. The molecule has 0 spiro atoms. The molecule has 144 valence electrons. The smallest absolute Gasteiger partial charge is 0.153 e. The zero-order valence-electron chi connectivity index (χ0n) is 15.6. The van der Waals surface area contributed by atoms with Gasteiger partial charge >= 0.3 is 0 Å². The van der Waals surface area contributed by atoms with Gasteiger partial charge < -0.3 is 0 Å². The molecule has 0 N–H and O–H groups in total. The zero-order valence-corrected chi connectivity index (χ0v) is 18.8. The molecule has 1 atom stereocenters. The van der Waals surface area contributed by atoms with Crippen LogP contribution in [0.4, 0.5) is 0 Å². The van der Waals surface area contributed by atoms with Crippen LogP contribution in [0.5, 0.6) is 0 Å². The number of benzene rings is 1. The number of aromatic nitrogens is 2. The number of hydrogen-bond acceptors (Lipinski definition) is 7. The van der Waals surface area contributed by atoms with E-state index in [4.69, 9.17) is 0 Å². The molecule has 7 heteroatoms. The number of carbonyl (C=O) groups excluding carboxylic acids is 1. The summed E-state index contributed by atoms with van der Waals surface area (Å²) in [6.45, 7) is 3.94. The molecular weight excluding hydrogens is 425 g/mol. The maximum absolute atomic E-state index is 13.0. The van der Waals surface area contributed by atoms with Crippen LogP contribution in [0.15, 0.2) is 88.0 Å². The maximum atomic E-state index is 13.0. The predicted octanol–water partition coefficient (Wildman–Crippen LogP) is 6.91. The third-order valence-corrected chi connectivity index (χ3v) is 9.41. The van der Waals surface area contributed by atoms with E-state index in [2.05, 4.69) is 22.1 Å². The Kier molecular flexibility index (Phi) is 7.91. The minimum absolute atomic E-state index is 0.205. The van der Waals surface area contributed by atoms with Crippen molar-refractivity contribution in [3.63, 3.8) is 0 Å². The largest absolute Gasteiger partial charge is 0.298 e. The van der Waals surface area contributed by atoms with Crippen LogP contribution in [0.2, 0.25) is 0 Å². The SMILES string of the molecule is CCC(=O)C(C)(SSc1ccccn1)c1ccccc1SSc1ccccn1. The predicted molar refractivity (Wildman–Crippen MR) is 123 cm³/mol. The van der Waals surface area contributed by atoms with E-state index in [9.17, 15) is 4.79 Å². The molecule has 2 heterocycles. The Bertz CT molecular complexity index is 909. The Morgan fingerprint density at radius 3 is 2.07 bits per heavy atom. The summed E-state index contributed by atoms with van der Waals surface area (Å²) in [5.41, 5.74) is 1.03. The van der Waals surface area contributed by atoms with Gasteiger partial charge in [-0.1, -0.05) is 58.8 Å². The van der Waals surface area contributed by atoms with Crippen molar-refractivity contribution >= 4 is 49.0 Å². The van der Waals surface area contributed by atoms with E-state index in [0.29, 0.717) is 6.42 Å². The number of Topliss-reactive ketones (excluding diaryl/α,β-unsaturated/α-hetero) is 1. The summed E-state index contributed by atoms with van der Waals surface area (Å²) in [5, 5.41) is 1.84. The number of ketones is 1. The van der Waals surface area contributed by atoms with Gasteiger partial charge in [0.25, 0.3) is 0 Å². The van der Waals surface area contributed by atoms with Crippen LogP contribution in [-0.2, 0) is 9.54 Å². The Hall–Kier alpha value is -1.41. The highest BCUT2D eigenvalue weighted by molar-refractivity contribution is 8.77. The van der Waals surface area contributed by atoms with Crippen LogP contribution in [0.25, 0.3) is 0 Å². The summed E-state index contributed by atoms with van der Waals surface area (Å²) in [5.74, 6) is 0.205. The number of pyridine rings is 2. The van der Waals surface area contributed by atoms with E-state index in [1.54, 1.807) is 55.6 Å². The fraction of sp³-hybridized carbons (Fsp3) is 0.190. The maximum Gasteiger partial charge on any atom is 0.153 e. The lowest BCUT2D eigenvalue weighted by molar-refractivity contribution is -0.120. The quantitative estimate of drug-likeness (QED) is 0.332. The molecule has 0 aliphatic carbocycles. The normalized spacial score (nSPS) is 13.1. The monoisotopic (exact) mass is 444 g/mol. The summed E-state index contributed by atoms with van der Waals surface area (Å²) in [4.78, 5) is 22.8. The fourth-order valence-electron chi connectivity index (χ4n) is 2.52. The van der Waals surface area contributed by atoms with Crippen LogP contribution in [0, 0.1) is 0 Å². The van der Waals surface area contributed by atoms with E-state index in [1.165, 1.54) is 0 Å². The molecule has 0 aliphatic rings. The average Bonchev–Trinajstić information content (AvgIpc) is 2.77. The molecule has 1 aromatic carbocycles. The van der Waals surface area contributed by atoms with Gasteiger partial charge in [-0.25, -0.2) is 9.97 Å². The molecule has 28 heavy (non-hydrogen) atoms. The second kappa shape index (κ2) is 10.4. The van der Waals surface area contributed by atoms with Gasteiger partial charge in [-0.2, -0.15) is 0 Å². The first kappa shape index (κ1) is 21.3. The lowest BCUT2D eigenvalue weighted by atomic mass is 9.94. The van der Waals surface area contributed by atoms with Gasteiger partial charge in [0.1, 0.15) is 14.8 Å². The van der Waals surface area contributed by atoms with Crippen LogP contribution in [0.1, 0.15) is 25.8 Å². The molecule has 0 aliphatic heterocycles. The molecule has 2 aromatic heterocycles. The van der Waals surface area contributed by atoms with Crippen LogP contribution in [-0.4, -0.2) is 15.8 Å². The van der Waals surface area contributed by atoms with Crippen molar-refractivity contribution in [3.05, 3.63) is 78.6 Å². The highest BCUT2D eigenvalue weighted by Gasteiger charge is 2.37. The Labute approximate surface area is 181 Å². The van der Waals surface area contributed by atoms with E-state index < -0.39 is 4.75 Å². The minimum Gasteiger partial charge on any atom is -0.298 e. The molecule has 0 radical (unpaired) electrons. The molecule has 0 saturated heterocycles. The zero-order chi connectivity index (χ0) is 19.8. The highest BCUT2D eigenvalue weighted by atomic mass is 33.1. The van der Waals surface area contributed by atoms with Gasteiger partial charge in [0.05, 0.1) is 0 Å². The molecule has 0 saturated carbocycles. The lowest BCUT2D eigenvalue weighted by Gasteiger charge is -2.28. The third-order valence-electron chi connectivity index (χ3n) is 4.04. The minimum atomic E-state index is -0.662. The Morgan fingerprint density at radius 2 is 1.46 bits per heavy atom. The molecule has 3 rings (SSSR count). The van der Waals surface area contributed by atoms with Gasteiger partial charge in [0.15, 0.2) is 5.78 Å². The van der Waals surface area contributed by atoms with Crippen molar-refractivity contribution < 1.29 is 4.79 Å². The van der Waals surface area contributed by atoms with E-state index >= 15 is 0 Å². The first-order chi connectivity index (χ1) is 13.6. The molecular formula is C21H20N2OS4. The van der Waals surface area contributed by atoms with E-state index in [1.807, 2.05) is 62.4 Å². The Morgan fingerprint density at radius 1 is 0.857 bits per heavy atom. The first-order valence-corrected chi connectivity index (χ1v) is 13.1. The van der Waals surface area contributed by atoms with Crippen molar-refractivity contribution in [2.45, 2.75) is 40.0 Å². The van der Waals surface area contributed by atoms with Crippen LogP contribution < -0.4 is 0 Å². The second-order valence-corrected chi connectivity index (χ2v) is 10.7. The summed E-state index contributed by atoms with van der Waals surface area (Å²) in [7, 11) is 6.35. The highest BCUT2D eigenvalue weighted by Crippen LogP contribution is 2.51. The third kappa shape index (κ3) is 5.35. The number of carbonyl (C=O) groups is 1. The van der Waals surface area contributed by atoms with E-state index in [-0.39, 0.29) is 5.78 Å². The topological polar surface area (TPSA) is 42.9 Å². The van der Waals surface area contributed by atoms with Gasteiger partial charge in [-0.05, 0) is 64.4 Å². The lowest BCUT2D eigenvalue weighted by Crippen LogP contribution is -2.28. The first-order valence-electron chi connectivity index (χ1n) is 8.78. The van der Waals surface area contributed by atoms with Crippen molar-refractivity contribution in [2.75, 3.05) is 0 Å². The molecule has 1 unspecified atom stereocenters. The van der Waals surface area contributed by atoms with Crippen LogP contribution in [0.3, 0.4) is 0 Å². The summed E-state index contributed by atoms with van der Waals surface area (Å²) < 4.78 is -0.662. The van der Waals surface area contributed by atoms with Crippen LogP contribution >= 0.6 is 43.2 Å². The molecule has 0 bridgehead atoms. The molecule has 0 amide bonds. The molecule has 3 aromatic rings. The van der Waals surface area contributed by atoms with Gasteiger partial charge in [0.2, 0.25) is 0 Å². The summed E-state index contributed by atoms with van der Waals surface area (Å²) >= 11 is 0. The molecule has 3 nitrogen and oxygen atoms in total. The van der Waals surface area contributed by atoms with Gasteiger partial charge in [-0.15, -0.1) is 0 Å².